The molecule has 4 nitrogen and oxygen atoms in total. The number of benzene rings is 1. The van der Waals surface area contributed by atoms with Gasteiger partial charge in [-0.2, -0.15) is 0 Å². The van der Waals surface area contributed by atoms with E-state index in [0.717, 1.165) is 23.3 Å². The number of hydrogen-bond donors (Lipinski definition) is 2. The molecule has 0 aliphatic carbocycles. The summed E-state index contributed by atoms with van der Waals surface area (Å²) in [5.41, 5.74) is 7.74. The molecular formula is C15H25ClN2O2. The summed E-state index contributed by atoms with van der Waals surface area (Å²) < 4.78 is 5.70. The van der Waals surface area contributed by atoms with Crippen LogP contribution in [0.5, 0.6) is 5.75 Å². The van der Waals surface area contributed by atoms with Gasteiger partial charge >= 0.3 is 0 Å². The average Bonchev–Trinajstić information content (AvgIpc) is 2.34. The van der Waals surface area contributed by atoms with Gasteiger partial charge in [-0.1, -0.05) is 19.1 Å². The van der Waals surface area contributed by atoms with Crippen LogP contribution in [-0.2, 0) is 11.3 Å². The van der Waals surface area contributed by atoms with Crippen molar-refractivity contribution < 1.29 is 9.53 Å². The largest absolute Gasteiger partial charge is 0.493 e. The van der Waals surface area contributed by atoms with Crippen LogP contribution in [0.25, 0.3) is 0 Å². The highest BCUT2D eigenvalue weighted by molar-refractivity contribution is 5.85. The molecule has 0 aliphatic rings. The Balaban J connectivity index is 0.00000361. The molecule has 20 heavy (non-hydrogen) atoms. The molecule has 0 fully saturated rings. The van der Waals surface area contributed by atoms with Gasteiger partial charge in [0.1, 0.15) is 5.75 Å². The van der Waals surface area contributed by atoms with Crippen LogP contribution >= 0.6 is 12.4 Å². The quantitative estimate of drug-likeness (QED) is 0.813. The van der Waals surface area contributed by atoms with Crippen molar-refractivity contribution in [2.75, 3.05) is 6.61 Å². The minimum absolute atomic E-state index is 0. The second-order valence-electron chi connectivity index (χ2n) is 4.92. The van der Waals surface area contributed by atoms with E-state index in [4.69, 9.17) is 10.5 Å². The van der Waals surface area contributed by atoms with Crippen LogP contribution in [0.2, 0.25) is 0 Å². The maximum atomic E-state index is 11.6. The summed E-state index contributed by atoms with van der Waals surface area (Å²) in [7, 11) is 0. The Kier molecular flexibility index (Phi) is 9.01. The second kappa shape index (κ2) is 9.61. The Morgan fingerprint density at radius 2 is 2.15 bits per heavy atom. The molecule has 1 atom stereocenters. The number of amides is 1. The van der Waals surface area contributed by atoms with Crippen molar-refractivity contribution in [3.05, 3.63) is 29.3 Å². The molecule has 1 aromatic carbocycles. The Bertz CT molecular complexity index is 422. The summed E-state index contributed by atoms with van der Waals surface area (Å²) in [6.45, 7) is 7.08. The zero-order valence-electron chi connectivity index (χ0n) is 12.4. The number of rotatable bonds is 7. The van der Waals surface area contributed by atoms with E-state index in [0.29, 0.717) is 19.6 Å². The molecule has 0 bridgehead atoms. The normalized spacial score (nSPS) is 11.4. The molecule has 114 valence electrons. The van der Waals surface area contributed by atoms with Gasteiger partial charge in [-0.3, -0.25) is 4.79 Å². The van der Waals surface area contributed by atoms with Gasteiger partial charge in [0.15, 0.2) is 0 Å². The summed E-state index contributed by atoms with van der Waals surface area (Å²) in [4.78, 5) is 11.6. The number of carbonyl (C=O) groups excluding carboxylic acids is 1. The Morgan fingerprint density at radius 1 is 1.45 bits per heavy atom. The molecule has 0 saturated heterocycles. The van der Waals surface area contributed by atoms with E-state index < -0.39 is 0 Å². The molecule has 0 aromatic heterocycles. The fourth-order valence-electron chi connectivity index (χ4n) is 1.71. The monoisotopic (exact) mass is 300 g/mol. The van der Waals surface area contributed by atoms with Crippen molar-refractivity contribution in [3.8, 4) is 5.75 Å². The van der Waals surface area contributed by atoms with Crippen LogP contribution in [0.4, 0.5) is 0 Å². The smallest absolute Gasteiger partial charge is 0.221 e. The molecule has 5 heteroatoms. The summed E-state index contributed by atoms with van der Waals surface area (Å²) in [5, 5.41) is 2.87. The summed E-state index contributed by atoms with van der Waals surface area (Å²) in [5.74, 6) is 0.819. The number of carbonyl (C=O) groups is 1. The number of aryl methyl sites for hydroxylation is 1. The molecule has 3 N–H and O–H groups in total. The third kappa shape index (κ3) is 6.78. The first-order valence-electron chi connectivity index (χ1n) is 6.77. The maximum Gasteiger partial charge on any atom is 0.221 e. The summed E-state index contributed by atoms with van der Waals surface area (Å²) >= 11 is 0. The maximum absolute atomic E-state index is 11.6. The van der Waals surface area contributed by atoms with Crippen LogP contribution in [0, 0.1) is 6.92 Å². The molecule has 0 aliphatic heterocycles. The predicted octanol–water partition coefficient (Wildman–Crippen LogP) is 2.56. The standard InChI is InChI=1S/C15H24N2O2.ClH/c1-4-7-19-14-8-11(2)5-6-13(14)10-17-15(18)9-12(3)16;/h5-6,8,12H,4,7,9-10,16H2,1-3H3,(H,17,18);1H. The van der Waals surface area contributed by atoms with Gasteiger partial charge in [0.2, 0.25) is 5.91 Å². The fraction of sp³-hybridized carbons (Fsp3) is 0.533. The lowest BCUT2D eigenvalue weighted by atomic mass is 10.1. The lowest BCUT2D eigenvalue weighted by Gasteiger charge is -2.13. The molecule has 1 unspecified atom stereocenters. The lowest BCUT2D eigenvalue weighted by Crippen LogP contribution is -2.29. The predicted molar refractivity (Wildman–Crippen MR) is 84.3 cm³/mol. The van der Waals surface area contributed by atoms with Gasteiger partial charge in [0.05, 0.1) is 6.61 Å². The number of nitrogens with one attached hydrogen (secondary N) is 1. The van der Waals surface area contributed by atoms with Gasteiger partial charge in [0.25, 0.3) is 0 Å². The Hall–Kier alpha value is -1.26. The average molecular weight is 301 g/mol. The number of halogens is 1. The Morgan fingerprint density at radius 3 is 2.75 bits per heavy atom. The van der Waals surface area contributed by atoms with Crippen molar-refractivity contribution >= 4 is 18.3 Å². The zero-order chi connectivity index (χ0) is 14.3. The highest BCUT2D eigenvalue weighted by atomic mass is 35.5. The van der Waals surface area contributed by atoms with Crippen molar-refractivity contribution in [2.45, 2.75) is 46.2 Å². The van der Waals surface area contributed by atoms with Gasteiger partial charge in [-0.05, 0) is 31.9 Å². The molecule has 0 heterocycles. The first kappa shape index (κ1) is 18.7. The van der Waals surface area contributed by atoms with Gasteiger partial charge < -0.3 is 15.8 Å². The van der Waals surface area contributed by atoms with Crippen LogP contribution in [0.1, 0.15) is 37.8 Å². The molecule has 0 spiro atoms. The zero-order valence-corrected chi connectivity index (χ0v) is 13.3. The Labute approximate surface area is 127 Å². The van der Waals surface area contributed by atoms with Crippen LogP contribution < -0.4 is 15.8 Å². The molecule has 1 rings (SSSR count). The lowest BCUT2D eigenvalue weighted by molar-refractivity contribution is -0.121. The summed E-state index contributed by atoms with van der Waals surface area (Å²) in [6.07, 6.45) is 1.31. The van der Waals surface area contributed by atoms with Crippen LogP contribution in [0.15, 0.2) is 18.2 Å². The molecule has 0 saturated carbocycles. The van der Waals surface area contributed by atoms with E-state index in [1.54, 1.807) is 0 Å². The summed E-state index contributed by atoms with van der Waals surface area (Å²) in [6, 6.07) is 5.90. The molecular weight excluding hydrogens is 276 g/mol. The number of ether oxygens (including phenoxy) is 1. The highest BCUT2D eigenvalue weighted by Gasteiger charge is 2.08. The topological polar surface area (TPSA) is 64.3 Å². The van der Waals surface area contributed by atoms with Gasteiger partial charge in [-0.25, -0.2) is 0 Å². The van der Waals surface area contributed by atoms with Crippen LogP contribution in [0.3, 0.4) is 0 Å². The molecule has 1 amide bonds. The minimum Gasteiger partial charge on any atom is -0.493 e. The first-order valence-corrected chi connectivity index (χ1v) is 6.77. The number of nitrogens with two attached hydrogens (primary N) is 1. The van der Waals surface area contributed by atoms with E-state index in [2.05, 4.69) is 12.2 Å². The third-order valence-electron chi connectivity index (χ3n) is 2.67. The van der Waals surface area contributed by atoms with E-state index in [1.807, 2.05) is 32.0 Å². The number of hydrogen-bond acceptors (Lipinski definition) is 3. The van der Waals surface area contributed by atoms with Gasteiger partial charge in [0, 0.05) is 24.6 Å². The van der Waals surface area contributed by atoms with Crippen molar-refractivity contribution in [1.82, 2.24) is 5.32 Å². The van der Waals surface area contributed by atoms with E-state index in [1.165, 1.54) is 0 Å². The van der Waals surface area contributed by atoms with Gasteiger partial charge in [-0.15, -0.1) is 12.4 Å². The van der Waals surface area contributed by atoms with Crippen molar-refractivity contribution in [3.63, 3.8) is 0 Å². The van der Waals surface area contributed by atoms with E-state index in [9.17, 15) is 4.79 Å². The molecule has 1 aromatic rings. The minimum atomic E-state index is -0.117. The molecule has 0 radical (unpaired) electrons. The third-order valence-corrected chi connectivity index (χ3v) is 2.67. The first-order chi connectivity index (χ1) is 9.02. The van der Waals surface area contributed by atoms with Crippen molar-refractivity contribution in [1.29, 1.82) is 0 Å². The highest BCUT2D eigenvalue weighted by Crippen LogP contribution is 2.20. The van der Waals surface area contributed by atoms with Crippen molar-refractivity contribution in [2.24, 2.45) is 5.73 Å². The SMILES string of the molecule is CCCOc1cc(C)ccc1CNC(=O)CC(C)N.Cl. The van der Waals surface area contributed by atoms with Crippen LogP contribution in [-0.4, -0.2) is 18.6 Å². The second-order valence-corrected chi connectivity index (χ2v) is 4.92. The van der Waals surface area contributed by atoms with E-state index >= 15 is 0 Å². The van der Waals surface area contributed by atoms with E-state index in [-0.39, 0.29) is 24.4 Å². The fourth-order valence-corrected chi connectivity index (χ4v) is 1.71.